The number of nitrogens with one attached hydrogen (secondary N) is 1. The largest absolute Gasteiger partial charge is 0.343 e. The van der Waals surface area contributed by atoms with Crippen LogP contribution in [0.1, 0.15) is 25.3 Å². The number of piperidine rings is 1. The number of benzene rings is 2. The second kappa shape index (κ2) is 9.16. The van der Waals surface area contributed by atoms with Crippen molar-refractivity contribution in [3.05, 3.63) is 48.0 Å². The first-order valence-electron chi connectivity index (χ1n) is 10.6. The minimum atomic E-state index is -0.0124. The van der Waals surface area contributed by atoms with E-state index >= 15 is 0 Å². The average molecular weight is 437 g/mol. The van der Waals surface area contributed by atoms with Gasteiger partial charge in [-0.25, -0.2) is 4.98 Å². The topological polar surface area (TPSA) is 65.5 Å². The lowest BCUT2D eigenvalue weighted by molar-refractivity contribution is -0.130. The van der Waals surface area contributed by atoms with Crippen LogP contribution in [0.15, 0.2) is 42.5 Å². The molecule has 6 nitrogen and oxygen atoms in total. The number of aryl methyl sites for hydroxylation is 1. The van der Waals surface area contributed by atoms with E-state index in [0.29, 0.717) is 6.54 Å². The number of hydrogen-bond acceptors (Lipinski definition) is 5. The Kier molecular flexibility index (Phi) is 6.34. The Hall–Kier alpha value is -2.77. The summed E-state index contributed by atoms with van der Waals surface area (Å²) in [5.74, 6) is 0.0854. The molecule has 1 saturated heterocycles. The monoisotopic (exact) mass is 436 g/mol. The molecule has 2 amide bonds. The smallest absolute Gasteiger partial charge is 0.238 e. The van der Waals surface area contributed by atoms with Gasteiger partial charge in [0.15, 0.2) is 0 Å². The van der Waals surface area contributed by atoms with Crippen LogP contribution < -0.4 is 5.32 Å². The SMILES string of the molecule is CC(=O)N(C)C1CCN(CC(=O)Nc2ccc(-c3nc4ccc(C)cc4s3)cc2)CC1. The van der Waals surface area contributed by atoms with E-state index in [1.165, 1.54) is 10.3 Å². The van der Waals surface area contributed by atoms with Crippen molar-refractivity contribution in [3.63, 3.8) is 0 Å². The van der Waals surface area contributed by atoms with E-state index in [1.54, 1.807) is 18.3 Å². The molecule has 0 radical (unpaired) electrons. The second-order valence-electron chi connectivity index (χ2n) is 8.25. The van der Waals surface area contributed by atoms with Gasteiger partial charge in [0.25, 0.3) is 0 Å². The number of hydrogen-bond donors (Lipinski definition) is 1. The number of rotatable bonds is 5. The Bertz CT molecular complexity index is 1080. The van der Waals surface area contributed by atoms with Gasteiger partial charge in [0.05, 0.1) is 16.8 Å². The molecule has 162 valence electrons. The molecule has 2 heterocycles. The molecular weight excluding hydrogens is 408 g/mol. The normalized spacial score (nSPS) is 15.2. The average Bonchev–Trinajstić information content (AvgIpc) is 3.17. The van der Waals surface area contributed by atoms with Crippen LogP contribution in [0.2, 0.25) is 0 Å². The summed E-state index contributed by atoms with van der Waals surface area (Å²) in [4.78, 5) is 32.7. The van der Waals surface area contributed by atoms with Crippen LogP contribution in [-0.2, 0) is 9.59 Å². The summed E-state index contributed by atoms with van der Waals surface area (Å²) in [5.41, 5.74) is 4.09. The summed E-state index contributed by atoms with van der Waals surface area (Å²) in [5, 5.41) is 3.98. The predicted molar refractivity (Wildman–Crippen MR) is 126 cm³/mol. The molecule has 0 atom stereocenters. The maximum atomic E-state index is 12.5. The van der Waals surface area contributed by atoms with Crippen molar-refractivity contribution in [2.24, 2.45) is 0 Å². The Morgan fingerprint density at radius 2 is 1.87 bits per heavy atom. The number of anilines is 1. The van der Waals surface area contributed by atoms with E-state index in [0.717, 1.165) is 47.7 Å². The molecule has 0 spiro atoms. The zero-order valence-electron chi connectivity index (χ0n) is 18.2. The van der Waals surface area contributed by atoms with Gasteiger partial charge in [0.1, 0.15) is 5.01 Å². The van der Waals surface area contributed by atoms with Gasteiger partial charge >= 0.3 is 0 Å². The molecule has 0 aliphatic carbocycles. The van der Waals surface area contributed by atoms with Gasteiger partial charge in [-0.1, -0.05) is 6.07 Å². The summed E-state index contributed by atoms with van der Waals surface area (Å²) in [6.07, 6.45) is 1.81. The second-order valence-corrected chi connectivity index (χ2v) is 9.28. The molecule has 0 bridgehead atoms. The quantitative estimate of drug-likeness (QED) is 0.652. The van der Waals surface area contributed by atoms with Crippen LogP contribution in [0.25, 0.3) is 20.8 Å². The number of amides is 2. The van der Waals surface area contributed by atoms with Crippen LogP contribution in [0.4, 0.5) is 5.69 Å². The number of nitrogens with zero attached hydrogens (tertiary/aromatic N) is 3. The van der Waals surface area contributed by atoms with Gasteiger partial charge in [-0.05, 0) is 61.7 Å². The highest BCUT2D eigenvalue weighted by Gasteiger charge is 2.24. The molecule has 1 aliphatic rings. The highest BCUT2D eigenvalue weighted by molar-refractivity contribution is 7.21. The molecular formula is C24H28N4O2S. The zero-order chi connectivity index (χ0) is 22.0. The first kappa shape index (κ1) is 21.5. The standard InChI is InChI=1S/C24H28N4O2S/c1-16-4-9-21-22(14-16)31-24(26-21)18-5-7-19(8-6-18)25-23(30)15-28-12-10-20(11-13-28)27(3)17(2)29/h4-9,14,20H,10-13,15H2,1-3H3,(H,25,30). The van der Waals surface area contributed by atoms with Crippen molar-refractivity contribution in [3.8, 4) is 10.6 Å². The van der Waals surface area contributed by atoms with E-state index in [9.17, 15) is 9.59 Å². The van der Waals surface area contributed by atoms with Crippen LogP contribution in [-0.4, -0.2) is 59.3 Å². The highest BCUT2D eigenvalue weighted by Crippen LogP contribution is 2.31. The Balaban J connectivity index is 1.31. The van der Waals surface area contributed by atoms with Gasteiger partial charge in [0, 0.05) is 44.4 Å². The minimum absolute atomic E-state index is 0.0124. The fourth-order valence-corrected chi connectivity index (χ4v) is 5.05. The highest BCUT2D eigenvalue weighted by atomic mass is 32.1. The summed E-state index contributed by atoms with van der Waals surface area (Å²) in [7, 11) is 1.86. The van der Waals surface area contributed by atoms with Crippen LogP contribution in [0, 0.1) is 6.92 Å². The van der Waals surface area contributed by atoms with Gasteiger partial charge in [-0.15, -0.1) is 11.3 Å². The molecule has 7 heteroatoms. The molecule has 1 N–H and O–H groups in total. The first-order valence-corrected chi connectivity index (χ1v) is 11.4. The number of likely N-dealkylation sites (tertiary alicyclic amines) is 1. The van der Waals surface area contributed by atoms with Gasteiger partial charge in [0.2, 0.25) is 11.8 Å². The van der Waals surface area contributed by atoms with Crippen molar-refractivity contribution < 1.29 is 9.59 Å². The molecule has 0 unspecified atom stereocenters. The summed E-state index contributed by atoms with van der Waals surface area (Å²) in [6, 6.07) is 14.4. The Labute approximate surface area is 186 Å². The molecule has 0 saturated carbocycles. The van der Waals surface area contributed by atoms with E-state index < -0.39 is 0 Å². The van der Waals surface area contributed by atoms with Crippen molar-refractivity contribution >= 4 is 39.1 Å². The van der Waals surface area contributed by atoms with Gasteiger partial charge < -0.3 is 10.2 Å². The van der Waals surface area contributed by atoms with E-state index in [1.807, 2.05) is 36.2 Å². The molecule has 31 heavy (non-hydrogen) atoms. The predicted octanol–water partition coefficient (Wildman–Crippen LogP) is 4.15. The van der Waals surface area contributed by atoms with Crippen molar-refractivity contribution in [2.75, 3.05) is 32.0 Å². The third kappa shape index (κ3) is 5.11. The number of fused-ring (bicyclic) bond motifs is 1. The van der Waals surface area contributed by atoms with Crippen molar-refractivity contribution in [1.29, 1.82) is 0 Å². The molecule has 3 aromatic rings. The number of carbonyl (C=O) groups excluding carboxylic acids is 2. The van der Waals surface area contributed by atoms with Crippen LogP contribution in [0.5, 0.6) is 0 Å². The fraction of sp³-hybridized carbons (Fsp3) is 0.375. The third-order valence-electron chi connectivity index (χ3n) is 5.93. The molecule has 1 aliphatic heterocycles. The Morgan fingerprint density at radius 3 is 2.55 bits per heavy atom. The van der Waals surface area contributed by atoms with Crippen LogP contribution >= 0.6 is 11.3 Å². The first-order chi connectivity index (χ1) is 14.9. The van der Waals surface area contributed by atoms with Gasteiger partial charge in [-0.3, -0.25) is 14.5 Å². The van der Waals surface area contributed by atoms with E-state index in [2.05, 4.69) is 35.3 Å². The Morgan fingerprint density at radius 1 is 1.16 bits per heavy atom. The lowest BCUT2D eigenvalue weighted by Gasteiger charge is -2.36. The minimum Gasteiger partial charge on any atom is -0.343 e. The summed E-state index contributed by atoms with van der Waals surface area (Å²) >= 11 is 1.68. The van der Waals surface area contributed by atoms with E-state index in [4.69, 9.17) is 4.98 Å². The lowest BCUT2D eigenvalue weighted by Crippen LogP contribution is -2.46. The molecule has 4 rings (SSSR count). The molecule has 2 aromatic carbocycles. The summed E-state index contributed by atoms with van der Waals surface area (Å²) < 4.78 is 1.19. The number of thiazole rings is 1. The maximum absolute atomic E-state index is 12.5. The van der Waals surface area contributed by atoms with Crippen molar-refractivity contribution in [2.45, 2.75) is 32.7 Å². The lowest BCUT2D eigenvalue weighted by atomic mass is 10.0. The number of carbonyl (C=O) groups is 2. The molecule has 1 aromatic heterocycles. The number of aromatic nitrogens is 1. The van der Waals surface area contributed by atoms with Crippen LogP contribution in [0.3, 0.4) is 0 Å². The third-order valence-corrected chi connectivity index (χ3v) is 7.00. The zero-order valence-corrected chi connectivity index (χ0v) is 19.0. The molecule has 1 fully saturated rings. The van der Waals surface area contributed by atoms with E-state index in [-0.39, 0.29) is 17.9 Å². The van der Waals surface area contributed by atoms with Gasteiger partial charge in [-0.2, -0.15) is 0 Å². The van der Waals surface area contributed by atoms with Crippen molar-refractivity contribution in [1.82, 2.24) is 14.8 Å². The maximum Gasteiger partial charge on any atom is 0.238 e. The fourth-order valence-electron chi connectivity index (χ4n) is 3.98. The summed E-state index contributed by atoms with van der Waals surface area (Å²) in [6.45, 7) is 5.71.